The van der Waals surface area contributed by atoms with E-state index in [9.17, 15) is 14.0 Å². The molecular formula is C17H18ClFN4O2. The summed E-state index contributed by atoms with van der Waals surface area (Å²) in [6.07, 6.45) is 1.22. The van der Waals surface area contributed by atoms with E-state index >= 15 is 0 Å². The van der Waals surface area contributed by atoms with Crippen LogP contribution in [-0.4, -0.2) is 48.6 Å². The Hall–Kier alpha value is -2.41. The van der Waals surface area contributed by atoms with Crippen molar-refractivity contribution in [3.8, 4) is 0 Å². The van der Waals surface area contributed by atoms with Crippen molar-refractivity contribution in [2.45, 2.75) is 18.6 Å². The summed E-state index contributed by atoms with van der Waals surface area (Å²) < 4.78 is 13.1. The zero-order valence-electron chi connectivity index (χ0n) is 13.3. The molecule has 0 saturated carbocycles. The van der Waals surface area contributed by atoms with E-state index in [-0.39, 0.29) is 13.2 Å². The van der Waals surface area contributed by atoms with Crippen LogP contribution in [0.5, 0.6) is 0 Å². The van der Waals surface area contributed by atoms with Crippen molar-refractivity contribution in [1.29, 1.82) is 0 Å². The van der Waals surface area contributed by atoms with Crippen LogP contribution >= 0.6 is 11.6 Å². The number of nitrogens with one attached hydrogen (secondary N) is 2. The maximum absolute atomic E-state index is 13.1. The van der Waals surface area contributed by atoms with Crippen LogP contribution in [0, 0.1) is 0 Å². The van der Waals surface area contributed by atoms with Gasteiger partial charge in [-0.25, -0.2) is 4.39 Å². The molecule has 2 aliphatic heterocycles. The van der Waals surface area contributed by atoms with Gasteiger partial charge in [0.1, 0.15) is 12.2 Å². The van der Waals surface area contributed by atoms with Crippen molar-refractivity contribution in [2.75, 3.05) is 24.5 Å². The fourth-order valence-electron chi connectivity index (χ4n) is 3.10. The van der Waals surface area contributed by atoms with E-state index in [2.05, 4.69) is 15.6 Å². The molecule has 2 amide bonds. The first-order valence-electron chi connectivity index (χ1n) is 8.08. The molecule has 0 aliphatic carbocycles. The van der Waals surface area contributed by atoms with Crippen LogP contribution in [0.25, 0.3) is 10.9 Å². The molecule has 1 aromatic heterocycles. The predicted octanol–water partition coefficient (Wildman–Crippen LogP) is 1.91. The topological polar surface area (TPSA) is 74.3 Å². The van der Waals surface area contributed by atoms with Gasteiger partial charge in [0.2, 0.25) is 5.91 Å². The SMILES string of the molecule is O=C(N[C@H]1CCNC1=O)c1cnc2cc(N3CC(F)C3)c(Cl)cc2c1.[HH]. The number of aromatic nitrogens is 1. The number of fused-ring (bicyclic) bond motifs is 1. The third-order valence-electron chi connectivity index (χ3n) is 4.54. The molecule has 1 aromatic carbocycles. The average molecular weight is 365 g/mol. The van der Waals surface area contributed by atoms with Gasteiger partial charge in [-0.3, -0.25) is 14.6 Å². The van der Waals surface area contributed by atoms with E-state index < -0.39 is 12.2 Å². The summed E-state index contributed by atoms with van der Waals surface area (Å²) >= 11 is 6.30. The summed E-state index contributed by atoms with van der Waals surface area (Å²) in [5.41, 5.74) is 1.79. The quantitative estimate of drug-likeness (QED) is 0.872. The highest BCUT2D eigenvalue weighted by Crippen LogP contribution is 2.33. The monoisotopic (exact) mass is 364 g/mol. The lowest BCUT2D eigenvalue weighted by molar-refractivity contribution is -0.120. The molecular weight excluding hydrogens is 347 g/mol. The number of halogens is 2. The maximum atomic E-state index is 13.1. The van der Waals surface area contributed by atoms with Crippen LogP contribution in [0.15, 0.2) is 24.4 Å². The Bertz CT molecular complexity index is 875. The van der Waals surface area contributed by atoms with E-state index in [1.165, 1.54) is 6.20 Å². The fourth-order valence-corrected chi connectivity index (χ4v) is 3.39. The second-order valence-electron chi connectivity index (χ2n) is 6.33. The van der Waals surface area contributed by atoms with E-state index in [1.54, 1.807) is 18.2 Å². The molecule has 0 bridgehead atoms. The Morgan fingerprint density at radius 3 is 2.88 bits per heavy atom. The Morgan fingerprint density at radius 1 is 1.40 bits per heavy atom. The van der Waals surface area contributed by atoms with Gasteiger partial charge in [-0.2, -0.15) is 0 Å². The molecule has 6 nitrogen and oxygen atoms in total. The minimum Gasteiger partial charge on any atom is -0.364 e. The van der Waals surface area contributed by atoms with E-state index in [0.29, 0.717) is 42.2 Å². The highest BCUT2D eigenvalue weighted by molar-refractivity contribution is 6.34. The predicted molar refractivity (Wildman–Crippen MR) is 94.9 cm³/mol. The molecule has 2 aliphatic rings. The molecule has 3 heterocycles. The number of amides is 2. The molecule has 2 fully saturated rings. The van der Waals surface area contributed by atoms with Gasteiger partial charge in [0, 0.05) is 19.6 Å². The summed E-state index contributed by atoms with van der Waals surface area (Å²) in [6, 6.07) is 4.71. The molecule has 1 atom stereocenters. The van der Waals surface area contributed by atoms with Crippen molar-refractivity contribution in [1.82, 2.24) is 15.6 Å². The Balaban J connectivity index is 0.00000196. The lowest BCUT2D eigenvalue weighted by atomic mass is 10.1. The van der Waals surface area contributed by atoms with Crippen molar-refractivity contribution in [3.63, 3.8) is 0 Å². The van der Waals surface area contributed by atoms with Crippen LogP contribution in [0.4, 0.5) is 10.1 Å². The summed E-state index contributed by atoms with van der Waals surface area (Å²) in [5, 5.41) is 6.59. The van der Waals surface area contributed by atoms with Gasteiger partial charge in [-0.1, -0.05) is 11.6 Å². The zero-order valence-corrected chi connectivity index (χ0v) is 14.0. The molecule has 2 saturated heterocycles. The van der Waals surface area contributed by atoms with Crippen LogP contribution in [0.3, 0.4) is 0 Å². The van der Waals surface area contributed by atoms with Gasteiger partial charge in [0.05, 0.1) is 34.9 Å². The fraction of sp³-hybridized carbons (Fsp3) is 0.353. The number of alkyl halides is 1. The number of nitrogens with zero attached hydrogens (tertiary/aromatic N) is 2. The van der Waals surface area contributed by atoms with Crippen LogP contribution in [-0.2, 0) is 4.79 Å². The van der Waals surface area contributed by atoms with Crippen LogP contribution in [0.1, 0.15) is 18.2 Å². The summed E-state index contributed by atoms with van der Waals surface area (Å²) in [4.78, 5) is 30.1. The van der Waals surface area contributed by atoms with Gasteiger partial charge >= 0.3 is 0 Å². The number of rotatable bonds is 3. The first-order chi connectivity index (χ1) is 12.0. The molecule has 0 radical (unpaired) electrons. The third-order valence-corrected chi connectivity index (χ3v) is 4.85. The number of hydrogen-bond donors (Lipinski definition) is 2. The Morgan fingerprint density at radius 2 is 2.20 bits per heavy atom. The van der Waals surface area contributed by atoms with Crippen LogP contribution < -0.4 is 15.5 Å². The highest BCUT2D eigenvalue weighted by atomic mass is 35.5. The average Bonchev–Trinajstić information content (AvgIpc) is 2.96. The molecule has 2 aromatic rings. The van der Waals surface area contributed by atoms with Crippen molar-refractivity contribution in [2.24, 2.45) is 0 Å². The van der Waals surface area contributed by atoms with E-state index in [0.717, 1.165) is 11.1 Å². The summed E-state index contributed by atoms with van der Waals surface area (Å²) in [7, 11) is 0. The maximum Gasteiger partial charge on any atom is 0.253 e. The van der Waals surface area contributed by atoms with Gasteiger partial charge < -0.3 is 15.5 Å². The molecule has 8 heteroatoms. The largest absolute Gasteiger partial charge is 0.364 e. The molecule has 25 heavy (non-hydrogen) atoms. The molecule has 0 unspecified atom stereocenters. The molecule has 0 spiro atoms. The number of carbonyl (C=O) groups excluding carboxylic acids is 2. The first-order valence-corrected chi connectivity index (χ1v) is 8.46. The minimum atomic E-state index is -0.821. The normalized spacial score (nSPS) is 20.5. The lowest BCUT2D eigenvalue weighted by Crippen LogP contribution is -2.48. The molecule has 132 valence electrons. The van der Waals surface area contributed by atoms with Gasteiger partial charge in [0.15, 0.2) is 0 Å². The summed E-state index contributed by atoms with van der Waals surface area (Å²) in [6.45, 7) is 1.22. The number of carbonyl (C=O) groups is 2. The Kier molecular flexibility index (Phi) is 3.95. The van der Waals surface area contributed by atoms with Gasteiger partial charge in [-0.15, -0.1) is 0 Å². The zero-order chi connectivity index (χ0) is 17.6. The van der Waals surface area contributed by atoms with E-state index in [1.807, 2.05) is 4.90 Å². The van der Waals surface area contributed by atoms with Crippen molar-refractivity contribution in [3.05, 3.63) is 35.0 Å². The summed E-state index contributed by atoms with van der Waals surface area (Å²) in [5.74, 6) is -0.518. The van der Waals surface area contributed by atoms with Crippen molar-refractivity contribution < 1.29 is 15.4 Å². The lowest BCUT2D eigenvalue weighted by Gasteiger charge is -2.37. The number of benzene rings is 1. The van der Waals surface area contributed by atoms with Crippen molar-refractivity contribution >= 4 is 40.0 Å². The highest BCUT2D eigenvalue weighted by Gasteiger charge is 2.28. The smallest absolute Gasteiger partial charge is 0.253 e. The molecule has 4 rings (SSSR count). The second kappa shape index (κ2) is 6.15. The standard InChI is InChI=1S/C17H16ClFN4O2.H2/c18-12-4-9-3-10(16(24)22-13-1-2-20-17(13)25)6-21-14(9)5-15(12)23-7-11(19)8-23;/h3-6,11,13H,1-2,7-8H2,(H,20,25)(H,22,24);1H/t13-;/m0./s1. The number of anilines is 1. The second-order valence-corrected chi connectivity index (χ2v) is 6.74. The minimum absolute atomic E-state index is 0. The molecule has 2 N–H and O–H groups in total. The van der Waals surface area contributed by atoms with Crippen LogP contribution in [0.2, 0.25) is 5.02 Å². The first kappa shape index (κ1) is 16.1. The number of hydrogen-bond acceptors (Lipinski definition) is 4. The van der Waals surface area contributed by atoms with Gasteiger partial charge in [-0.05, 0) is 24.6 Å². The van der Waals surface area contributed by atoms with E-state index in [4.69, 9.17) is 11.6 Å². The van der Waals surface area contributed by atoms with Gasteiger partial charge in [0.25, 0.3) is 5.91 Å². The third kappa shape index (κ3) is 3.00. The Labute approximate surface area is 149 Å². The number of pyridine rings is 1.